The molecule has 0 aliphatic heterocycles. The van der Waals surface area contributed by atoms with Crippen LogP contribution in [0.2, 0.25) is 5.02 Å². The van der Waals surface area contributed by atoms with Crippen molar-refractivity contribution in [2.45, 2.75) is 6.92 Å². The summed E-state index contributed by atoms with van der Waals surface area (Å²) in [5.74, 6) is 0.459. The van der Waals surface area contributed by atoms with E-state index in [9.17, 15) is 4.79 Å². The fraction of sp³-hybridized carbons (Fsp3) is 0.188. The second-order valence-corrected chi connectivity index (χ2v) is 6.72. The lowest BCUT2D eigenvalue weighted by Gasteiger charge is -2.15. The van der Waals surface area contributed by atoms with Crippen LogP contribution < -0.4 is 15.4 Å². The fourth-order valence-corrected chi connectivity index (χ4v) is 3.22. The van der Waals surface area contributed by atoms with Crippen LogP contribution in [0.3, 0.4) is 0 Å². The number of hydrogen-bond donors (Lipinski definition) is 2. The molecule has 2 rings (SSSR count). The van der Waals surface area contributed by atoms with Crippen LogP contribution in [0, 0.1) is 0 Å². The van der Waals surface area contributed by atoms with Crippen molar-refractivity contribution in [3.63, 3.8) is 0 Å². The monoisotopic (exact) mass is 460 g/mol. The lowest BCUT2D eigenvalue weighted by Crippen LogP contribution is -2.22. The molecule has 2 aromatic rings. The highest BCUT2D eigenvalue weighted by Crippen LogP contribution is 2.36. The topological polar surface area (TPSA) is 50.4 Å². The van der Waals surface area contributed by atoms with Gasteiger partial charge in [0.2, 0.25) is 5.91 Å². The number of hydrogen-bond acceptors (Lipinski definition) is 3. The first-order chi connectivity index (χ1) is 11.0. The lowest BCUT2D eigenvalue weighted by atomic mass is 10.3. The number of ether oxygens (including phenoxy) is 1. The highest BCUT2D eigenvalue weighted by Gasteiger charge is 2.12. The van der Waals surface area contributed by atoms with Gasteiger partial charge in [-0.25, -0.2) is 0 Å². The van der Waals surface area contributed by atoms with E-state index in [4.69, 9.17) is 16.3 Å². The summed E-state index contributed by atoms with van der Waals surface area (Å²) in [6, 6.07) is 10.9. The van der Waals surface area contributed by atoms with Crippen LogP contribution >= 0.6 is 43.5 Å². The molecular weight excluding hydrogens is 447 g/mol. The molecule has 0 aliphatic carbocycles. The molecule has 0 bridgehead atoms. The summed E-state index contributed by atoms with van der Waals surface area (Å²) >= 11 is 12.9. The van der Waals surface area contributed by atoms with Crippen molar-refractivity contribution in [3.05, 3.63) is 50.4 Å². The van der Waals surface area contributed by atoms with E-state index >= 15 is 0 Å². The van der Waals surface area contributed by atoms with Crippen molar-refractivity contribution in [1.29, 1.82) is 0 Å². The Morgan fingerprint density at radius 2 is 1.91 bits per heavy atom. The number of carbonyl (C=O) groups is 1. The Bertz CT molecular complexity index is 710. The first kappa shape index (κ1) is 18.1. The minimum atomic E-state index is -0.171. The molecule has 0 saturated heterocycles. The zero-order chi connectivity index (χ0) is 16.8. The molecule has 0 heterocycles. The molecule has 7 heteroatoms. The van der Waals surface area contributed by atoms with Gasteiger partial charge in [-0.05, 0) is 63.0 Å². The molecule has 122 valence electrons. The molecule has 1 amide bonds. The van der Waals surface area contributed by atoms with E-state index < -0.39 is 0 Å². The Morgan fingerprint density at radius 1 is 1.17 bits per heavy atom. The number of rotatable bonds is 6. The summed E-state index contributed by atoms with van der Waals surface area (Å²) in [5, 5.41) is 6.43. The van der Waals surface area contributed by atoms with E-state index in [0.717, 1.165) is 14.6 Å². The summed E-state index contributed by atoms with van der Waals surface area (Å²) in [6.45, 7) is 2.50. The first-order valence-corrected chi connectivity index (χ1v) is 8.87. The summed E-state index contributed by atoms with van der Waals surface area (Å²) in [7, 11) is 0. The minimum Gasteiger partial charge on any atom is -0.491 e. The van der Waals surface area contributed by atoms with Crippen molar-refractivity contribution in [1.82, 2.24) is 0 Å². The Hall–Kier alpha value is -1.24. The van der Waals surface area contributed by atoms with Gasteiger partial charge in [-0.1, -0.05) is 23.7 Å². The summed E-state index contributed by atoms with van der Waals surface area (Å²) in [5.41, 5.74) is 1.38. The third kappa shape index (κ3) is 5.12. The Balaban J connectivity index is 2.05. The third-order valence-corrected chi connectivity index (χ3v) is 4.38. The van der Waals surface area contributed by atoms with Gasteiger partial charge in [0.05, 0.1) is 29.0 Å². The maximum atomic E-state index is 12.1. The number of halogens is 3. The van der Waals surface area contributed by atoms with Crippen molar-refractivity contribution in [2.75, 3.05) is 23.8 Å². The quantitative estimate of drug-likeness (QED) is 0.611. The van der Waals surface area contributed by atoms with Crippen molar-refractivity contribution in [3.8, 4) is 5.75 Å². The van der Waals surface area contributed by atoms with Crippen LogP contribution in [0.15, 0.2) is 45.3 Å². The number of amides is 1. The molecule has 0 fully saturated rings. The maximum Gasteiger partial charge on any atom is 0.243 e. The van der Waals surface area contributed by atoms with Crippen LogP contribution in [-0.2, 0) is 4.79 Å². The Labute approximate surface area is 156 Å². The van der Waals surface area contributed by atoms with Gasteiger partial charge in [-0.2, -0.15) is 0 Å². The zero-order valence-corrected chi connectivity index (χ0v) is 16.3. The second kappa shape index (κ2) is 8.57. The van der Waals surface area contributed by atoms with Crippen molar-refractivity contribution in [2.24, 2.45) is 0 Å². The van der Waals surface area contributed by atoms with Crippen LogP contribution in [0.4, 0.5) is 11.4 Å². The van der Waals surface area contributed by atoms with Crippen LogP contribution in [0.25, 0.3) is 0 Å². The Kier molecular flexibility index (Phi) is 6.74. The molecule has 0 radical (unpaired) electrons. The predicted molar refractivity (Wildman–Crippen MR) is 102 cm³/mol. The predicted octanol–water partition coefficient (Wildman–Crippen LogP) is 5.31. The van der Waals surface area contributed by atoms with Gasteiger partial charge in [-0.3, -0.25) is 4.79 Å². The van der Waals surface area contributed by atoms with Gasteiger partial charge >= 0.3 is 0 Å². The molecule has 0 aromatic heterocycles. The van der Waals surface area contributed by atoms with Gasteiger partial charge in [0.1, 0.15) is 0 Å². The SMILES string of the molecule is CCOc1c(Br)cc(Cl)cc1NCC(=O)Nc1ccccc1Br. The number of carbonyl (C=O) groups excluding carboxylic acids is 1. The van der Waals surface area contributed by atoms with E-state index in [1.807, 2.05) is 31.2 Å². The van der Waals surface area contributed by atoms with Gasteiger partial charge < -0.3 is 15.4 Å². The normalized spacial score (nSPS) is 10.3. The van der Waals surface area contributed by atoms with E-state index in [2.05, 4.69) is 42.5 Å². The average molecular weight is 463 g/mol. The first-order valence-electron chi connectivity index (χ1n) is 6.91. The molecule has 0 atom stereocenters. The average Bonchev–Trinajstić information content (AvgIpc) is 2.50. The molecule has 0 unspecified atom stereocenters. The molecule has 0 spiro atoms. The molecule has 2 aromatic carbocycles. The van der Waals surface area contributed by atoms with Crippen LogP contribution in [0.1, 0.15) is 6.92 Å². The van der Waals surface area contributed by atoms with Crippen LogP contribution in [-0.4, -0.2) is 19.1 Å². The van der Waals surface area contributed by atoms with E-state index in [1.54, 1.807) is 12.1 Å². The van der Waals surface area contributed by atoms with Crippen LogP contribution in [0.5, 0.6) is 5.75 Å². The van der Waals surface area contributed by atoms with Gasteiger partial charge in [0.15, 0.2) is 5.75 Å². The lowest BCUT2D eigenvalue weighted by molar-refractivity contribution is -0.114. The van der Waals surface area contributed by atoms with E-state index in [1.165, 1.54) is 0 Å². The van der Waals surface area contributed by atoms with Crippen molar-refractivity contribution >= 4 is 60.7 Å². The fourth-order valence-electron chi connectivity index (χ4n) is 1.92. The smallest absolute Gasteiger partial charge is 0.243 e. The largest absolute Gasteiger partial charge is 0.491 e. The van der Waals surface area contributed by atoms with Crippen molar-refractivity contribution < 1.29 is 9.53 Å². The summed E-state index contributed by atoms with van der Waals surface area (Å²) < 4.78 is 7.15. The Morgan fingerprint density at radius 3 is 2.61 bits per heavy atom. The minimum absolute atomic E-state index is 0.0915. The van der Waals surface area contributed by atoms with E-state index in [0.29, 0.717) is 23.1 Å². The highest BCUT2D eigenvalue weighted by atomic mass is 79.9. The number of benzene rings is 2. The number of nitrogens with one attached hydrogen (secondary N) is 2. The molecule has 2 N–H and O–H groups in total. The molecule has 0 aliphatic rings. The molecule has 23 heavy (non-hydrogen) atoms. The standard InChI is InChI=1S/C16H15Br2ClN2O2/c1-2-23-16-12(18)7-10(19)8-14(16)20-9-15(22)21-13-6-4-3-5-11(13)17/h3-8,20H,2,9H2,1H3,(H,21,22). The van der Waals surface area contributed by atoms with Gasteiger partial charge in [0, 0.05) is 9.50 Å². The third-order valence-electron chi connectivity index (χ3n) is 2.88. The number of para-hydroxylation sites is 1. The second-order valence-electron chi connectivity index (χ2n) is 4.58. The molecule has 0 saturated carbocycles. The van der Waals surface area contributed by atoms with E-state index in [-0.39, 0.29) is 12.5 Å². The maximum absolute atomic E-state index is 12.1. The molecular formula is C16H15Br2ClN2O2. The zero-order valence-electron chi connectivity index (χ0n) is 12.3. The molecule has 4 nitrogen and oxygen atoms in total. The number of anilines is 2. The van der Waals surface area contributed by atoms with Gasteiger partial charge in [-0.15, -0.1) is 0 Å². The summed E-state index contributed by atoms with van der Waals surface area (Å²) in [6.07, 6.45) is 0. The highest BCUT2D eigenvalue weighted by molar-refractivity contribution is 9.11. The summed E-state index contributed by atoms with van der Waals surface area (Å²) in [4.78, 5) is 12.1. The van der Waals surface area contributed by atoms with Gasteiger partial charge in [0.25, 0.3) is 0 Å².